The Labute approximate surface area is 106 Å². The fourth-order valence-electron chi connectivity index (χ4n) is 1.98. The van der Waals surface area contributed by atoms with E-state index in [2.05, 4.69) is 15.3 Å². The predicted molar refractivity (Wildman–Crippen MR) is 65.9 cm³/mol. The first-order valence-electron chi connectivity index (χ1n) is 5.77. The Bertz CT molecular complexity index is 532. The summed E-state index contributed by atoms with van der Waals surface area (Å²) in [5.41, 5.74) is 0.330. The SMILES string of the molecule is Cc1cc(C#N)nc(N2CCNC(=O)C2(C)C)n1. The van der Waals surface area contributed by atoms with Crippen LogP contribution in [-0.4, -0.2) is 34.5 Å². The van der Waals surface area contributed by atoms with E-state index in [0.717, 1.165) is 5.69 Å². The van der Waals surface area contributed by atoms with E-state index in [9.17, 15) is 4.79 Å². The van der Waals surface area contributed by atoms with Crippen molar-refractivity contribution in [2.75, 3.05) is 18.0 Å². The number of nitriles is 1. The molecule has 0 atom stereocenters. The van der Waals surface area contributed by atoms with Crippen LogP contribution >= 0.6 is 0 Å². The summed E-state index contributed by atoms with van der Waals surface area (Å²) in [6.45, 7) is 6.63. The van der Waals surface area contributed by atoms with E-state index in [1.807, 2.05) is 31.7 Å². The number of hydrogen-bond acceptors (Lipinski definition) is 5. The summed E-state index contributed by atoms with van der Waals surface area (Å²) in [6, 6.07) is 3.63. The zero-order valence-electron chi connectivity index (χ0n) is 10.7. The van der Waals surface area contributed by atoms with Crippen molar-refractivity contribution in [1.29, 1.82) is 5.26 Å². The van der Waals surface area contributed by atoms with Gasteiger partial charge in [-0.15, -0.1) is 0 Å². The highest BCUT2D eigenvalue weighted by Gasteiger charge is 2.39. The number of rotatable bonds is 1. The van der Waals surface area contributed by atoms with Gasteiger partial charge in [-0.25, -0.2) is 9.97 Å². The molecule has 1 aromatic rings. The van der Waals surface area contributed by atoms with Crippen LogP contribution in [0.15, 0.2) is 6.07 Å². The lowest BCUT2D eigenvalue weighted by Gasteiger charge is -2.41. The zero-order chi connectivity index (χ0) is 13.3. The molecule has 18 heavy (non-hydrogen) atoms. The van der Waals surface area contributed by atoms with Crippen LogP contribution in [0, 0.1) is 18.3 Å². The summed E-state index contributed by atoms with van der Waals surface area (Å²) in [4.78, 5) is 22.2. The molecule has 2 rings (SSSR count). The fourth-order valence-corrected chi connectivity index (χ4v) is 1.98. The molecule has 1 saturated heterocycles. The number of amides is 1. The van der Waals surface area contributed by atoms with Gasteiger partial charge in [0.25, 0.3) is 0 Å². The molecule has 0 spiro atoms. The van der Waals surface area contributed by atoms with Crippen molar-refractivity contribution < 1.29 is 4.79 Å². The molecular weight excluding hydrogens is 230 g/mol. The lowest BCUT2D eigenvalue weighted by atomic mass is 9.99. The van der Waals surface area contributed by atoms with Gasteiger partial charge >= 0.3 is 0 Å². The standard InChI is InChI=1S/C12H15N5O/c1-8-6-9(7-13)16-11(15-8)17-5-4-14-10(18)12(17,2)3/h6H,4-5H2,1-3H3,(H,14,18). The normalized spacial score (nSPS) is 18.1. The van der Waals surface area contributed by atoms with Crippen LogP contribution in [0.4, 0.5) is 5.95 Å². The summed E-state index contributed by atoms with van der Waals surface area (Å²) >= 11 is 0. The second-order valence-corrected chi connectivity index (χ2v) is 4.77. The van der Waals surface area contributed by atoms with Crippen molar-refractivity contribution in [3.05, 3.63) is 17.5 Å². The number of aromatic nitrogens is 2. The maximum Gasteiger partial charge on any atom is 0.245 e. The summed E-state index contributed by atoms with van der Waals surface area (Å²) < 4.78 is 0. The molecule has 1 N–H and O–H groups in total. The Morgan fingerprint density at radius 2 is 2.22 bits per heavy atom. The van der Waals surface area contributed by atoms with Crippen molar-refractivity contribution in [2.45, 2.75) is 26.3 Å². The third-order valence-electron chi connectivity index (χ3n) is 3.05. The molecule has 0 aromatic carbocycles. The molecule has 1 aromatic heterocycles. The lowest BCUT2D eigenvalue weighted by Crippen LogP contribution is -2.62. The van der Waals surface area contributed by atoms with Crippen LogP contribution in [0.25, 0.3) is 0 Å². The number of nitrogens with one attached hydrogen (secondary N) is 1. The quantitative estimate of drug-likeness (QED) is 0.773. The number of aryl methyl sites for hydroxylation is 1. The first-order valence-corrected chi connectivity index (χ1v) is 5.77. The molecule has 1 fully saturated rings. The number of hydrogen-bond donors (Lipinski definition) is 1. The second kappa shape index (κ2) is 4.26. The second-order valence-electron chi connectivity index (χ2n) is 4.77. The van der Waals surface area contributed by atoms with Gasteiger partial charge in [0.15, 0.2) is 0 Å². The van der Waals surface area contributed by atoms with Gasteiger partial charge in [-0.05, 0) is 26.8 Å². The van der Waals surface area contributed by atoms with Crippen LogP contribution in [-0.2, 0) is 4.79 Å². The highest BCUT2D eigenvalue weighted by molar-refractivity contribution is 5.89. The summed E-state index contributed by atoms with van der Waals surface area (Å²) in [6.07, 6.45) is 0. The monoisotopic (exact) mass is 245 g/mol. The van der Waals surface area contributed by atoms with Crippen molar-refractivity contribution in [1.82, 2.24) is 15.3 Å². The van der Waals surface area contributed by atoms with Crippen molar-refractivity contribution in [2.24, 2.45) is 0 Å². The van der Waals surface area contributed by atoms with Gasteiger partial charge in [-0.2, -0.15) is 5.26 Å². The molecule has 2 heterocycles. The van der Waals surface area contributed by atoms with Gasteiger partial charge in [-0.3, -0.25) is 4.79 Å². The van der Waals surface area contributed by atoms with E-state index in [4.69, 9.17) is 5.26 Å². The van der Waals surface area contributed by atoms with Crippen molar-refractivity contribution >= 4 is 11.9 Å². The van der Waals surface area contributed by atoms with E-state index >= 15 is 0 Å². The Balaban J connectivity index is 2.45. The first-order chi connectivity index (χ1) is 8.45. The third-order valence-corrected chi connectivity index (χ3v) is 3.05. The highest BCUT2D eigenvalue weighted by Crippen LogP contribution is 2.23. The molecule has 0 aliphatic carbocycles. The van der Waals surface area contributed by atoms with Crippen LogP contribution in [0.5, 0.6) is 0 Å². The Morgan fingerprint density at radius 3 is 2.89 bits per heavy atom. The lowest BCUT2D eigenvalue weighted by molar-refractivity contribution is -0.126. The van der Waals surface area contributed by atoms with Crippen LogP contribution in [0.1, 0.15) is 25.2 Å². The maximum absolute atomic E-state index is 11.9. The zero-order valence-corrected chi connectivity index (χ0v) is 10.7. The molecule has 1 aliphatic heterocycles. The van der Waals surface area contributed by atoms with E-state index in [-0.39, 0.29) is 5.91 Å². The van der Waals surface area contributed by atoms with Crippen LogP contribution < -0.4 is 10.2 Å². The summed E-state index contributed by atoms with van der Waals surface area (Å²) in [5.74, 6) is 0.378. The van der Waals surface area contributed by atoms with Gasteiger partial charge < -0.3 is 10.2 Å². The average Bonchev–Trinajstić information content (AvgIpc) is 2.31. The number of carbonyl (C=O) groups excluding carboxylic acids is 1. The van der Waals surface area contributed by atoms with Crippen LogP contribution in [0.2, 0.25) is 0 Å². The minimum Gasteiger partial charge on any atom is -0.352 e. The largest absolute Gasteiger partial charge is 0.352 e. The summed E-state index contributed by atoms with van der Waals surface area (Å²) in [5, 5.41) is 11.7. The van der Waals surface area contributed by atoms with E-state index in [1.54, 1.807) is 6.07 Å². The Hall–Kier alpha value is -2.16. The van der Waals surface area contributed by atoms with Gasteiger partial charge in [0.2, 0.25) is 11.9 Å². The van der Waals surface area contributed by atoms with Gasteiger partial charge in [-0.1, -0.05) is 0 Å². The minimum absolute atomic E-state index is 0.0580. The number of nitrogens with zero attached hydrogens (tertiary/aromatic N) is 4. The maximum atomic E-state index is 11.9. The highest BCUT2D eigenvalue weighted by atomic mass is 16.2. The first kappa shape index (κ1) is 12.3. The average molecular weight is 245 g/mol. The number of anilines is 1. The third kappa shape index (κ3) is 1.99. The summed E-state index contributed by atoms with van der Waals surface area (Å²) in [7, 11) is 0. The van der Waals surface area contributed by atoms with Crippen LogP contribution in [0.3, 0.4) is 0 Å². The molecule has 0 unspecified atom stereocenters. The molecule has 1 amide bonds. The fraction of sp³-hybridized carbons (Fsp3) is 0.500. The molecule has 6 nitrogen and oxygen atoms in total. The minimum atomic E-state index is -0.710. The van der Waals surface area contributed by atoms with Crippen molar-refractivity contribution in [3.63, 3.8) is 0 Å². The number of carbonyl (C=O) groups is 1. The van der Waals surface area contributed by atoms with Gasteiger partial charge in [0.05, 0.1) is 0 Å². The smallest absolute Gasteiger partial charge is 0.245 e. The molecule has 0 saturated carbocycles. The molecule has 94 valence electrons. The van der Waals surface area contributed by atoms with Crippen molar-refractivity contribution in [3.8, 4) is 6.07 Å². The Morgan fingerprint density at radius 1 is 1.50 bits per heavy atom. The predicted octanol–water partition coefficient (Wildman–Crippen LogP) is 0.371. The molecule has 0 radical (unpaired) electrons. The Kier molecular flexibility index (Phi) is 2.91. The van der Waals surface area contributed by atoms with Gasteiger partial charge in [0.1, 0.15) is 17.3 Å². The molecule has 1 aliphatic rings. The van der Waals surface area contributed by atoms with E-state index in [1.165, 1.54) is 0 Å². The van der Waals surface area contributed by atoms with E-state index < -0.39 is 5.54 Å². The molecule has 0 bridgehead atoms. The number of piperazine rings is 1. The molecule has 6 heteroatoms. The molecular formula is C12H15N5O. The van der Waals surface area contributed by atoms with E-state index in [0.29, 0.717) is 24.7 Å². The van der Waals surface area contributed by atoms with Gasteiger partial charge in [0, 0.05) is 18.8 Å². The topological polar surface area (TPSA) is 81.9 Å².